The number of nitrogens with zero attached hydrogens (tertiary/aromatic N) is 1. The summed E-state index contributed by atoms with van der Waals surface area (Å²) in [6.45, 7) is 7.33. The van der Waals surface area contributed by atoms with E-state index in [1.54, 1.807) is 0 Å². The van der Waals surface area contributed by atoms with Gasteiger partial charge in [0.25, 0.3) is 0 Å². The van der Waals surface area contributed by atoms with Crippen LogP contribution >= 0.6 is 23.2 Å². The van der Waals surface area contributed by atoms with Crippen LogP contribution in [-0.4, -0.2) is 23.5 Å². The highest BCUT2D eigenvalue weighted by Crippen LogP contribution is 2.47. The van der Waals surface area contributed by atoms with Gasteiger partial charge in [0.05, 0.1) is 0 Å². The van der Waals surface area contributed by atoms with Crippen LogP contribution in [0.15, 0.2) is 24.3 Å². The van der Waals surface area contributed by atoms with E-state index in [1.807, 2.05) is 19.2 Å². The van der Waals surface area contributed by atoms with Gasteiger partial charge in [0.2, 0.25) is 0 Å². The SMILES string of the molecule is CN1C[C@@H](C(Cl)Cl)c2c1cc(O)c1ccc(C(C)(C)C)cc21. The lowest BCUT2D eigenvalue weighted by Crippen LogP contribution is -2.18. The smallest absolute Gasteiger partial charge is 0.125 e. The van der Waals surface area contributed by atoms with Gasteiger partial charge in [-0.15, -0.1) is 23.2 Å². The molecule has 2 nitrogen and oxygen atoms in total. The summed E-state index contributed by atoms with van der Waals surface area (Å²) in [4.78, 5) is 1.65. The average Bonchev–Trinajstić information content (AvgIpc) is 2.75. The first-order valence-electron chi connectivity index (χ1n) is 7.49. The fourth-order valence-electron chi connectivity index (χ4n) is 3.28. The zero-order valence-corrected chi connectivity index (χ0v) is 14.8. The third-order valence-corrected chi connectivity index (χ3v) is 5.17. The number of anilines is 1. The second-order valence-corrected chi connectivity index (χ2v) is 8.32. The van der Waals surface area contributed by atoms with E-state index in [1.165, 1.54) is 5.56 Å². The molecule has 0 amide bonds. The number of rotatable bonds is 1. The molecule has 0 saturated carbocycles. The first kappa shape index (κ1) is 15.8. The molecule has 1 heterocycles. The highest BCUT2D eigenvalue weighted by Gasteiger charge is 2.33. The predicted molar refractivity (Wildman–Crippen MR) is 95.8 cm³/mol. The summed E-state index contributed by atoms with van der Waals surface area (Å²) in [7, 11) is 2.01. The molecule has 0 aromatic heterocycles. The van der Waals surface area contributed by atoms with Crippen molar-refractivity contribution in [1.29, 1.82) is 0 Å². The highest BCUT2D eigenvalue weighted by molar-refractivity contribution is 6.45. The Morgan fingerprint density at radius 2 is 1.86 bits per heavy atom. The van der Waals surface area contributed by atoms with Crippen molar-refractivity contribution in [3.05, 3.63) is 35.4 Å². The summed E-state index contributed by atoms with van der Waals surface area (Å²) in [5, 5.41) is 12.3. The Morgan fingerprint density at radius 1 is 1.18 bits per heavy atom. The predicted octanol–water partition coefficient (Wildman–Crippen LogP) is 5.18. The van der Waals surface area contributed by atoms with Crippen molar-refractivity contribution in [2.75, 3.05) is 18.5 Å². The van der Waals surface area contributed by atoms with Gasteiger partial charge < -0.3 is 10.0 Å². The van der Waals surface area contributed by atoms with Gasteiger partial charge in [-0.3, -0.25) is 0 Å². The zero-order valence-electron chi connectivity index (χ0n) is 13.3. The third kappa shape index (κ3) is 2.43. The molecule has 1 N–H and O–H groups in total. The molecule has 1 aliphatic heterocycles. The lowest BCUT2D eigenvalue weighted by molar-refractivity contribution is 0.481. The number of phenolic OH excluding ortho intramolecular Hbond substituents is 1. The van der Waals surface area contributed by atoms with Gasteiger partial charge in [-0.1, -0.05) is 39.0 Å². The molecular formula is C18H21Cl2NO. The molecule has 1 aliphatic rings. The molecule has 0 radical (unpaired) electrons. The maximum atomic E-state index is 10.4. The van der Waals surface area contributed by atoms with Crippen molar-refractivity contribution in [2.45, 2.75) is 36.9 Å². The van der Waals surface area contributed by atoms with Gasteiger partial charge in [-0.25, -0.2) is 0 Å². The molecule has 0 bridgehead atoms. The van der Waals surface area contributed by atoms with Gasteiger partial charge in [0.1, 0.15) is 10.6 Å². The molecule has 0 aliphatic carbocycles. The van der Waals surface area contributed by atoms with Crippen LogP contribution in [0.25, 0.3) is 10.8 Å². The Bertz CT molecular complexity index is 734. The van der Waals surface area contributed by atoms with Gasteiger partial charge >= 0.3 is 0 Å². The van der Waals surface area contributed by atoms with Crippen LogP contribution in [0.1, 0.15) is 37.8 Å². The zero-order chi connectivity index (χ0) is 16.2. The van der Waals surface area contributed by atoms with Gasteiger partial charge in [0, 0.05) is 36.7 Å². The Morgan fingerprint density at radius 3 is 2.45 bits per heavy atom. The van der Waals surface area contributed by atoms with Crippen LogP contribution < -0.4 is 4.90 Å². The van der Waals surface area contributed by atoms with Crippen LogP contribution in [-0.2, 0) is 5.41 Å². The first-order valence-corrected chi connectivity index (χ1v) is 8.37. The largest absolute Gasteiger partial charge is 0.507 e. The van der Waals surface area contributed by atoms with E-state index in [4.69, 9.17) is 23.2 Å². The van der Waals surface area contributed by atoms with E-state index in [0.29, 0.717) is 5.75 Å². The van der Waals surface area contributed by atoms with Crippen molar-refractivity contribution in [3.8, 4) is 5.75 Å². The lowest BCUT2D eigenvalue weighted by Gasteiger charge is -2.21. The minimum atomic E-state index is -0.463. The lowest BCUT2D eigenvalue weighted by atomic mass is 9.84. The van der Waals surface area contributed by atoms with E-state index >= 15 is 0 Å². The first-order chi connectivity index (χ1) is 10.2. The Kier molecular flexibility index (Phi) is 3.73. The number of likely N-dealkylation sites (N-methyl/N-ethyl adjacent to an activating group) is 1. The number of fused-ring (bicyclic) bond motifs is 3. The van der Waals surface area contributed by atoms with Crippen LogP contribution in [0.5, 0.6) is 5.75 Å². The number of benzene rings is 2. The van der Waals surface area contributed by atoms with Crippen molar-refractivity contribution < 1.29 is 5.11 Å². The van der Waals surface area contributed by atoms with E-state index in [9.17, 15) is 5.11 Å². The summed E-state index contributed by atoms with van der Waals surface area (Å²) in [5.41, 5.74) is 3.46. The number of aromatic hydroxyl groups is 1. The fourth-order valence-corrected chi connectivity index (χ4v) is 3.69. The molecule has 4 heteroatoms. The van der Waals surface area contributed by atoms with Crippen LogP contribution in [0.2, 0.25) is 0 Å². The summed E-state index contributed by atoms with van der Waals surface area (Å²) >= 11 is 12.4. The third-order valence-electron chi connectivity index (χ3n) is 4.56. The fraction of sp³-hybridized carbons (Fsp3) is 0.444. The Labute approximate surface area is 141 Å². The summed E-state index contributed by atoms with van der Waals surface area (Å²) < 4.78 is 0. The molecule has 118 valence electrons. The Balaban J connectivity index is 2.35. The van der Waals surface area contributed by atoms with Crippen molar-refractivity contribution in [3.63, 3.8) is 0 Å². The highest BCUT2D eigenvalue weighted by atomic mass is 35.5. The van der Waals surface area contributed by atoms with Gasteiger partial charge in [-0.2, -0.15) is 0 Å². The molecule has 0 unspecified atom stereocenters. The van der Waals surface area contributed by atoms with Crippen LogP contribution in [0.4, 0.5) is 5.69 Å². The maximum Gasteiger partial charge on any atom is 0.125 e. The van der Waals surface area contributed by atoms with E-state index in [2.05, 4.69) is 37.8 Å². The molecular weight excluding hydrogens is 317 g/mol. The molecule has 2 aromatic carbocycles. The van der Waals surface area contributed by atoms with Crippen LogP contribution in [0.3, 0.4) is 0 Å². The Hall–Kier alpha value is -1.12. The molecule has 0 saturated heterocycles. The van der Waals surface area contributed by atoms with E-state index < -0.39 is 4.84 Å². The average molecular weight is 338 g/mol. The normalized spacial score (nSPS) is 18.3. The van der Waals surface area contributed by atoms with E-state index in [-0.39, 0.29) is 11.3 Å². The molecule has 1 atom stereocenters. The second-order valence-electron chi connectivity index (χ2n) is 7.16. The summed E-state index contributed by atoms with van der Waals surface area (Å²) in [6.07, 6.45) is 0. The standard InChI is InChI=1S/C18H21Cl2NO/c1-18(2,3)10-5-6-11-12(7-10)16-13(17(19)20)9-21(4)14(16)8-15(11)22/h5-8,13,17,22H,9H2,1-4H3/t13-/m1/s1. The molecule has 0 spiro atoms. The van der Waals surface area contributed by atoms with Crippen molar-refractivity contribution >= 4 is 39.7 Å². The number of halogens is 2. The molecule has 22 heavy (non-hydrogen) atoms. The number of hydrogen-bond acceptors (Lipinski definition) is 2. The van der Waals surface area contributed by atoms with Crippen molar-refractivity contribution in [2.24, 2.45) is 0 Å². The minimum Gasteiger partial charge on any atom is -0.507 e. The van der Waals surface area contributed by atoms with Crippen molar-refractivity contribution in [1.82, 2.24) is 0 Å². The molecule has 0 fully saturated rings. The molecule has 3 rings (SSSR count). The maximum absolute atomic E-state index is 10.4. The van der Waals surface area contributed by atoms with Gasteiger partial charge in [0.15, 0.2) is 0 Å². The second kappa shape index (κ2) is 5.21. The summed E-state index contributed by atoms with van der Waals surface area (Å²) in [6, 6.07) is 8.08. The van der Waals surface area contributed by atoms with E-state index in [0.717, 1.165) is 28.6 Å². The quantitative estimate of drug-likeness (QED) is 0.724. The number of hydrogen-bond donors (Lipinski definition) is 1. The summed E-state index contributed by atoms with van der Waals surface area (Å²) in [5.74, 6) is 0.365. The monoisotopic (exact) mass is 337 g/mol. The van der Waals surface area contributed by atoms with Gasteiger partial charge in [-0.05, 0) is 21.9 Å². The number of phenols is 1. The topological polar surface area (TPSA) is 23.5 Å². The van der Waals surface area contributed by atoms with Crippen LogP contribution in [0, 0.1) is 0 Å². The number of alkyl halides is 2. The minimum absolute atomic E-state index is 0.0495. The molecule has 2 aromatic rings.